The SMILES string of the molecule is c1ccc2cc3cc4cc(-c5ccnc6c5ccc5cccnc56)ccc4cc3cc2c1. The molecular formula is C30H18N2. The van der Waals surface area contributed by atoms with E-state index >= 15 is 0 Å². The molecule has 0 spiro atoms. The Kier molecular flexibility index (Phi) is 3.58. The molecule has 2 nitrogen and oxygen atoms in total. The van der Waals surface area contributed by atoms with Crippen molar-refractivity contribution in [3.8, 4) is 11.1 Å². The van der Waals surface area contributed by atoms with Gasteiger partial charge in [-0.3, -0.25) is 9.97 Å². The fourth-order valence-corrected chi connectivity index (χ4v) is 4.86. The van der Waals surface area contributed by atoms with Crippen molar-refractivity contribution in [3.63, 3.8) is 0 Å². The fourth-order valence-electron chi connectivity index (χ4n) is 4.86. The molecule has 0 unspecified atom stereocenters. The summed E-state index contributed by atoms with van der Waals surface area (Å²) in [6.45, 7) is 0. The molecular weight excluding hydrogens is 388 g/mol. The normalized spacial score (nSPS) is 11.8. The van der Waals surface area contributed by atoms with Gasteiger partial charge in [0.25, 0.3) is 0 Å². The van der Waals surface area contributed by atoms with Gasteiger partial charge in [0, 0.05) is 23.2 Å². The highest BCUT2D eigenvalue weighted by molar-refractivity contribution is 6.09. The summed E-state index contributed by atoms with van der Waals surface area (Å²) < 4.78 is 0. The third-order valence-corrected chi connectivity index (χ3v) is 6.45. The lowest BCUT2D eigenvalue weighted by Crippen LogP contribution is -1.88. The molecule has 0 saturated heterocycles. The zero-order valence-electron chi connectivity index (χ0n) is 17.3. The first-order valence-corrected chi connectivity index (χ1v) is 10.8. The molecule has 32 heavy (non-hydrogen) atoms. The Labute approximate surface area is 184 Å². The van der Waals surface area contributed by atoms with Crippen molar-refractivity contribution in [1.82, 2.24) is 9.97 Å². The van der Waals surface area contributed by atoms with E-state index in [1.807, 2.05) is 18.5 Å². The Morgan fingerprint density at radius 3 is 1.84 bits per heavy atom. The third-order valence-electron chi connectivity index (χ3n) is 6.45. The molecule has 0 aliphatic carbocycles. The monoisotopic (exact) mass is 406 g/mol. The average molecular weight is 406 g/mol. The minimum absolute atomic E-state index is 0.950. The molecule has 2 aromatic heterocycles. The van der Waals surface area contributed by atoms with Crippen molar-refractivity contribution in [2.24, 2.45) is 0 Å². The molecule has 0 radical (unpaired) electrons. The topological polar surface area (TPSA) is 25.8 Å². The molecule has 148 valence electrons. The summed E-state index contributed by atoms with van der Waals surface area (Å²) in [5.74, 6) is 0. The molecule has 0 aliphatic heterocycles. The Balaban J connectivity index is 1.47. The minimum Gasteiger partial charge on any atom is -0.254 e. The first-order chi connectivity index (χ1) is 15.8. The lowest BCUT2D eigenvalue weighted by molar-refractivity contribution is 1.37. The van der Waals surface area contributed by atoms with Gasteiger partial charge >= 0.3 is 0 Å². The minimum atomic E-state index is 0.950. The first-order valence-electron chi connectivity index (χ1n) is 10.8. The summed E-state index contributed by atoms with van der Waals surface area (Å²) in [5.41, 5.74) is 4.28. The summed E-state index contributed by atoms with van der Waals surface area (Å²) in [6, 6.07) is 34.9. The molecule has 2 heterocycles. The van der Waals surface area contributed by atoms with E-state index in [-0.39, 0.29) is 0 Å². The number of hydrogen-bond acceptors (Lipinski definition) is 2. The molecule has 2 heteroatoms. The van der Waals surface area contributed by atoms with Gasteiger partial charge < -0.3 is 0 Å². The lowest BCUT2D eigenvalue weighted by atomic mass is 9.95. The summed E-state index contributed by atoms with van der Waals surface area (Å²) in [5, 5.41) is 9.83. The zero-order valence-corrected chi connectivity index (χ0v) is 17.3. The van der Waals surface area contributed by atoms with Crippen molar-refractivity contribution in [3.05, 3.63) is 109 Å². The number of benzene rings is 5. The second kappa shape index (κ2) is 6.60. The van der Waals surface area contributed by atoms with Gasteiger partial charge in [0.05, 0.1) is 11.0 Å². The van der Waals surface area contributed by atoms with Crippen molar-refractivity contribution in [1.29, 1.82) is 0 Å². The maximum absolute atomic E-state index is 4.67. The Morgan fingerprint density at radius 2 is 1.03 bits per heavy atom. The molecule has 0 atom stereocenters. The van der Waals surface area contributed by atoms with Crippen LogP contribution in [0.4, 0.5) is 0 Å². The highest BCUT2D eigenvalue weighted by Gasteiger charge is 2.10. The molecule has 0 amide bonds. The molecule has 0 N–H and O–H groups in total. The first kappa shape index (κ1) is 17.4. The van der Waals surface area contributed by atoms with Crippen LogP contribution in [0.5, 0.6) is 0 Å². The van der Waals surface area contributed by atoms with E-state index in [0.29, 0.717) is 0 Å². The van der Waals surface area contributed by atoms with Crippen LogP contribution in [-0.2, 0) is 0 Å². The molecule has 7 aromatic rings. The quantitative estimate of drug-likeness (QED) is 0.204. The maximum atomic E-state index is 4.67. The number of nitrogens with zero attached hydrogens (tertiary/aromatic N) is 2. The summed E-state index contributed by atoms with van der Waals surface area (Å²) >= 11 is 0. The third kappa shape index (κ3) is 2.60. The summed E-state index contributed by atoms with van der Waals surface area (Å²) in [4.78, 5) is 9.26. The Hall–Kier alpha value is -4.30. The van der Waals surface area contributed by atoms with Gasteiger partial charge in [-0.25, -0.2) is 0 Å². The maximum Gasteiger partial charge on any atom is 0.0970 e. The molecule has 0 aliphatic rings. The van der Waals surface area contributed by atoms with E-state index < -0.39 is 0 Å². The van der Waals surface area contributed by atoms with E-state index in [1.54, 1.807) is 0 Å². The second-order valence-corrected chi connectivity index (χ2v) is 8.36. The van der Waals surface area contributed by atoms with Crippen molar-refractivity contribution < 1.29 is 0 Å². The number of fused-ring (bicyclic) bond motifs is 6. The van der Waals surface area contributed by atoms with Gasteiger partial charge in [-0.2, -0.15) is 0 Å². The van der Waals surface area contributed by atoms with Crippen LogP contribution in [0.1, 0.15) is 0 Å². The zero-order chi connectivity index (χ0) is 21.1. The predicted octanol–water partition coefficient (Wildman–Crippen LogP) is 7.91. The van der Waals surface area contributed by atoms with Crippen LogP contribution < -0.4 is 0 Å². The predicted molar refractivity (Wildman–Crippen MR) is 135 cm³/mol. The van der Waals surface area contributed by atoms with Crippen molar-refractivity contribution >= 4 is 54.1 Å². The molecule has 0 bridgehead atoms. The van der Waals surface area contributed by atoms with Crippen molar-refractivity contribution in [2.75, 3.05) is 0 Å². The lowest BCUT2D eigenvalue weighted by Gasteiger charge is -2.10. The number of rotatable bonds is 1. The molecule has 0 saturated carbocycles. The van der Waals surface area contributed by atoms with Crippen LogP contribution in [0.15, 0.2) is 109 Å². The van der Waals surface area contributed by atoms with Crippen LogP contribution >= 0.6 is 0 Å². The van der Waals surface area contributed by atoms with Crippen LogP contribution in [0, 0.1) is 0 Å². The van der Waals surface area contributed by atoms with Gasteiger partial charge in [-0.05, 0) is 85.9 Å². The molecule has 5 aromatic carbocycles. The average Bonchev–Trinajstić information content (AvgIpc) is 2.85. The van der Waals surface area contributed by atoms with E-state index in [2.05, 4.69) is 101 Å². The highest BCUT2D eigenvalue weighted by atomic mass is 14.7. The number of hydrogen-bond donors (Lipinski definition) is 0. The highest BCUT2D eigenvalue weighted by Crippen LogP contribution is 2.34. The van der Waals surface area contributed by atoms with Crippen LogP contribution in [-0.4, -0.2) is 9.97 Å². The number of pyridine rings is 2. The number of aromatic nitrogens is 2. The van der Waals surface area contributed by atoms with Gasteiger partial charge in [-0.1, -0.05) is 54.6 Å². The van der Waals surface area contributed by atoms with E-state index in [1.165, 1.54) is 43.4 Å². The fraction of sp³-hybridized carbons (Fsp3) is 0. The van der Waals surface area contributed by atoms with E-state index in [9.17, 15) is 0 Å². The summed E-state index contributed by atoms with van der Waals surface area (Å²) in [6.07, 6.45) is 3.73. The van der Waals surface area contributed by atoms with Crippen LogP contribution in [0.3, 0.4) is 0 Å². The van der Waals surface area contributed by atoms with E-state index in [0.717, 1.165) is 21.8 Å². The second-order valence-electron chi connectivity index (χ2n) is 8.36. The Morgan fingerprint density at radius 1 is 0.406 bits per heavy atom. The molecule has 7 rings (SSSR count). The van der Waals surface area contributed by atoms with Gasteiger partial charge in [0.2, 0.25) is 0 Å². The van der Waals surface area contributed by atoms with Crippen LogP contribution in [0.25, 0.3) is 65.3 Å². The smallest absolute Gasteiger partial charge is 0.0970 e. The Bertz CT molecular complexity index is 1830. The van der Waals surface area contributed by atoms with Crippen LogP contribution in [0.2, 0.25) is 0 Å². The van der Waals surface area contributed by atoms with E-state index in [4.69, 9.17) is 0 Å². The standard InChI is InChI=1S/C30H18N2/c1-2-5-21-15-26-18-24-17-23(8-7-22(24)16-25(26)14-20(21)4-1)27-11-13-32-30-28(27)10-9-19-6-3-12-31-29(19)30/h1-18H. The van der Waals surface area contributed by atoms with Gasteiger partial charge in [0.1, 0.15) is 0 Å². The largest absolute Gasteiger partial charge is 0.254 e. The van der Waals surface area contributed by atoms with Gasteiger partial charge in [0.15, 0.2) is 0 Å². The van der Waals surface area contributed by atoms with Crippen molar-refractivity contribution in [2.45, 2.75) is 0 Å². The molecule has 0 fully saturated rings. The van der Waals surface area contributed by atoms with Gasteiger partial charge in [-0.15, -0.1) is 0 Å². The summed E-state index contributed by atoms with van der Waals surface area (Å²) in [7, 11) is 0.